The van der Waals surface area contributed by atoms with Crippen molar-refractivity contribution in [3.05, 3.63) is 130 Å². The van der Waals surface area contributed by atoms with Gasteiger partial charge in [0.2, 0.25) is 0 Å². The van der Waals surface area contributed by atoms with Crippen LogP contribution in [-0.2, 0) is 11.4 Å². The zero-order valence-corrected chi connectivity index (χ0v) is 25.4. The number of nitrogens with zero attached hydrogens (tertiary/aromatic N) is 2. The lowest BCUT2D eigenvalue weighted by Gasteiger charge is -2.10. The van der Waals surface area contributed by atoms with Crippen LogP contribution in [0.4, 0.5) is 5.69 Å². The highest BCUT2D eigenvalue weighted by Crippen LogP contribution is 2.23. The van der Waals surface area contributed by atoms with E-state index in [1.807, 2.05) is 24.3 Å². The summed E-state index contributed by atoms with van der Waals surface area (Å²) in [6, 6.07) is 26.6. The zero-order chi connectivity index (χ0) is 31.1. The number of hydrogen-bond acceptors (Lipinski definition) is 6. The summed E-state index contributed by atoms with van der Waals surface area (Å²) in [4.78, 5) is 24.9. The molecule has 0 aliphatic carbocycles. The number of carbonyl (C=O) groups excluding carboxylic acids is 2. The molecule has 0 unspecified atom stereocenters. The van der Waals surface area contributed by atoms with Crippen LogP contribution in [-0.4, -0.2) is 29.2 Å². The molecule has 2 N–H and O–H groups in total. The number of anilines is 1. The Morgan fingerprint density at radius 2 is 1.57 bits per heavy atom. The maximum Gasteiger partial charge on any atom is 0.307 e. The highest BCUT2D eigenvalue weighted by Gasteiger charge is 2.12. The van der Waals surface area contributed by atoms with Crippen molar-refractivity contribution < 1.29 is 23.5 Å². The number of ether oxygens (including phenoxy) is 2. The quantitative estimate of drug-likeness (QED) is 0.117. The molecule has 224 valence electrons. The number of aryl methyl sites for hydroxylation is 2. The average Bonchev–Trinajstić information content (AvgIpc) is 3.63. The number of halogens is 2. The van der Waals surface area contributed by atoms with Gasteiger partial charge in [-0.05, 0) is 105 Å². The van der Waals surface area contributed by atoms with E-state index in [4.69, 9.17) is 37.1 Å². The monoisotopic (exact) mass is 630 g/mol. The molecular formula is C33H28Cl2N4O5. The van der Waals surface area contributed by atoms with E-state index in [0.29, 0.717) is 38.6 Å². The Balaban J connectivity index is 1.13. The molecule has 0 atom stereocenters. The third-order valence-corrected chi connectivity index (χ3v) is 6.95. The molecule has 2 amide bonds. The first-order chi connectivity index (χ1) is 21.2. The molecule has 0 saturated carbocycles. The minimum atomic E-state index is -0.554. The van der Waals surface area contributed by atoms with Crippen LogP contribution in [0, 0.1) is 13.8 Å². The molecule has 0 fully saturated rings. The summed E-state index contributed by atoms with van der Waals surface area (Å²) in [5.41, 5.74) is 6.81. The molecule has 0 aliphatic rings. The van der Waals surface area contributed by atoms with Gasteiger partial charge in [-0.2, -0.15) is 5.10 Å². The van der Waals surface area contributed by atoms with E-state index in [1.54, 1.807) is 48.5 Å². The lowest BCUT2D eigenvalue weighted by Crippen LogP contribution is -2.20. The van der Waals surface area contributed by atoms with Gasteiger partial charge in [-0.1, -0.05) is 23.2 Å². The van der Waals surface area contributed by atoms with E-state index in [2.05, 4.69) is 46.4 Å². The average molecular weight is 632 g/mol. The second-order valence-corrected chi connectivity index (χ2v) is 10.6. The van der Waals surface area contributed by atoms with Gasteiger partial charge in [0.25, 0.3) is 5.91 Å². The number of hydrogen-bond donors (Lipinski definition) is 2. The lowest BCUT2D eigenvalue weighted by molar-refractivity contribution is -0.118. The van der Waals surface area contributed by atoms with Crippen molar-refractivity contribution in [2.24, 2.45) is 5.10 Å². The molecule has 0 aliphatic heterocycles. The van der Waals surface area contributed by atoms with Crippen molar-refractivity contribution in [3.63, 3.8) is 0 Å². The Morgan fingerprint density at radius 3 is 2.30 bits per heavy atom. The van der Waals surface area contributed by atoms with Crippen LogP contribution >= 0.6 is 23.2 Å². The fraction of sp³-hybridized carbons (Fsp3) is 0.121. The predicted octanol–water partition coefficient (Wildman–Crippen LogP) is 7.35. The number of rotatable bonds is 11. The first kappa shape index (κ1) is 30.5. The molecule has 3 aromatic carbocycles. The normalized spacial score (nSPS) is 11.0. The van der Waals surface area contributed by atoms with Crippen LogP contribution in [0.3, 0.4) is 0 Å². The number of carbonyl (C=O) groups is 2. The second kappa shape index (κ2) is 14.0. The topological polar surface area (TPSA) is 107 Å². The molecular weight excluding hydrogens is 603 g/mol. The SMILES string of the molecule is Cc1ccc(C)n1-c1ccc(OCc2ccc(C(=O)N/N=C/c3cc(Cl)ccc3OCC(=O)Nc3ccc(Cl)cc3)o2)cc1. The second-order valence-electron chi connectivity index (χ2n) is 9.73. The number of benzene rings is 3. The summed E-state index contributed by atoms with van der Waals surface area (Å²) >= 11 is 12.0. The third-order valence-electron chi connectivity index (χ3n) is 6.46. The molecule has 0 radical (unpaired) electrons. The number of amides is 2. The Labute approximate surface area is 264 Å². The van der Waals surface area contributed by atoms with Crippen molar-refractivity contribution >= 4 is 46.9 Å². The number of aromatic nitrogens is 1. The summed E-state index contributed by atoms with van der Waals surface area (Å²) in [5, 5.41) is 7.71. The Bertz CT molecular complexity index is 1770. The Morgan fingerprint density at radius 1 is 0.864 bits per heavy atom. The molecule has 5 aromatic rings. The van der Waals surface area contributed by atoms with Crippen molar-refractivity contribution in [1.82, 2.24) is 9.99 Å². The van der Waals surface area contributed by atoms with Crippen molar-refractivity contribution in [2.75, 3.05) is 11.9 Å². The van der Waals surface area contributed by atoms with Gasteiger partial charge in [-0.15, -0.1) is 0 Å². The van der Waals surface area contributed by atoms with Gasteiger partial charge in [0, 0.05) is 38.4 Å². The van der Waals surface area contributed by atoms with E-state index < -0.39 is 5.91 Å². The predicted molar refractivity (Wildman–Crippen MR) is 170 cm³/mol. The van der Waals surface area contributed by atoms with Gasteiger partial charge in [-0.3, -0.25) is 9.59 Å². The number of hydrazone groups is 1. The van der Waals surface area contributed by atoms with Gasteiger partial charge in [0.15, 0.2) is 12.4 Å². The van der Waals surface area contributed by atoms with Crippen LogP contribution in [0.15, 0.2) is 101 Å². The van der Waals surface area contributed by atoms with Crippen molar-refractivity contribution in [1.29, 1.82) is 0 Å². The summed E-state index contributed by atoms with van der Waals surface area (Å²) in [6.07, 6.45) is 1.36. The van der Waals surface area contributed by atoms with Gasteiger partial charge in [-0.25, -0.2) is 5.43 Å². The standard InChI is InChI=1S/C33H28Cl2N4O5/c1-21-3-4-22(2)39(21)27-10-12-28(13-11-27)42-19-29-14-16-31(44-29)33(41)38-36-18-23-17-25(35)7-15-30(23)43-20-32(40)37-26-8-5-24(34)6-9-26/h3-18H,19-20H2,1-2H3,(H,37,40)(H,38,41)/b36-18+. The van der Waals surface area contributed by atoms with Crippen LogP contribution in [0.5, 0.6) is 11.5 Å². The van der Waals surface area contributed by atoms with E-state index in [9.17, 15) is 9.59 Å². The van der Waals surface area contributed by atoms with Crippen molar-refractivity contribution in [3.8, 4) is 17.2 Å². The van der Waals surface area contributed by atoms with Gasteiger partial charge in [0.1, 0.15) is 23.9 Å². The smallest absolute Gasteiger partial charge is 0.307 e. The van der Waals surface area contributed by atoms with Crippen LogP contribution in [0.25, 0.3) is 5.69 Å². The summed E-state index contributed by atoms with van der Waals surface area (Å²) in [5.74, 6) is 0.642. The fourth-order valence-electron chi connectivity index (χ4n) is 4.34. The molecule has 2 aromatic heterocycles. The number of nitrogens with one attached hydrogen (secondary N) is 2. The molecule has 0 bridgehead atoms. The lowest BCUT2D eigenvalue weighted by atomic mass is 10.2. The summed E-state index contributed by atoms with van der Waals surface area (Å²) < 4.78 is 19.3. The van der Waals surface area contributed by atoms with E-state index in [-0.39, 0.29) is 24.9 Å². The zero-order valence-electron chi connectivity index (χ0n) is 23.8. The Kier molecular flexibility index (Phi) is 9.69. The first-order valence-electron chi connectivity index (χ1n) is 13.5. The molecule has 2 heterocycles. The van der Waals surface area contributed by atoms with Gasteiger partial charge in [0.05, 0.1) is 6.21 Å². The third kappa shape index (κ3) is 7.89. The van der Waals surface area contributed by atoms with E-state index >= 15 is 0 Å². The minimum Gasteiger partial charge on any atom is -0.486 e. The summed E-state index contributed by atoms with van der Waals surface area (Å²) in [6.45, 7) is 4.01. The highest BCUT2D eigenvalue weighted by molar-refractivity contribution is 6.31. The van der Waals surface area contributed by atoms with Crippen LogP contribution in [0.2, 0.25) is 10.0 Å². The molecule has 0 spiro atoms. The van der Waals surface area contributed by atoms with Crippen LogP contribution in [0.1, 0.15) is 33.3 Å². The highest BCUT2D eigenvalue weighted by atomic mass is 35.5. The van der Waals surface area contributed by atoms with Crippen molar-refractivity contribution in [2.45, 2.75) is 20.5 Å². The molecule has 5 rings (SSSR count). The molecule has 11 heteroatoms. The largest absolute Gasteiger partial charge is 0.486 e. The molecule has 44 heavy (non-hydrogen) atoms. The Hall–Kier alpha value is -4.99. The van der Waals surface area contributed by atoms with Crippen LogP contribution < -0.4 is 20.2 Å². The van der Waals surface area contributed by atoms with E-state index in [0.717, 1.165) is 17.1 Å². The van der Waals surface area contributed by atoms with E-state index in [1.165, 1.54) is 12.3 Å². The minimum absolute atomic E-state index is 0.0658. The molecule has 0 saturated heterocycles. The first-order valence-corrected chi connectivity index (χ1v) is 14.3. The van der Waals surface area contributed by atoms with Gasteiger partial charge < -0.3 is 23.8 Å². The maximum absolute atomic E-state index is 12.6. The number of furan rings is 1. The fourth-order valence-corrected chi connectivity index (χ4v) is 4.65. The van der Waals surface area contributed by atoms with Gasteiger partial charge >= 0.3 is 5.91 Å². The maximum atomic E-state index is 12.6. The summed E-state index contributed by atoms with van der Waals surface area (Å²) in [7, 11) is 0. The molecule has 9 nitrogen and oxygen atoms in total.